The minimum absolute atomic E-state index is 0.0699. The Bertz CT molecular complexity index is 412. The Kier molecular flexibility index (Phi) is 2.99. The number of amides is 1. The molecule has 0 radical (unpaired) electrons. The van der Waals surface area contributed by atoms with E-state index >= 15 is 0 Å². The lowest BCUT2D eigenvalue weighted by Crippen LogP contribution is -2.31. The topological polar surface area (TPSA) is 50.3 Å². The molecule has 1 saturated heterocycles. The molecular weight excluding hydrogens is 204 g/mol. The highest BCUT2D eigenvalue weighted by molar-refractivity contribution is 5.98. The second kappa shape index (κ2) is 4.43. The molecule has 0 spiro atoms. The van der Waals surface area contributed by atoms with Crippen LogP contribution in [0.2, 0.25) is 0 Å². The van der Waals surface area contributed by atoms with Crippen molar-refractivity contribution < 1.29 is 9.59 Å². The van der Waals surface area contributed by atoms with Gasteiger partial charge in [0.25, 0.3) is 0 Å². The van der Waals surface area contributed by atoms with E-state index in [9.17, 15) is 9.59 Å². The minimum atomic E-state index is -0.0877. The van der Waals surface area contributed by atoms with Crippen molar-refractivity contribution in [3.05, 3.63) is 29.6 Å². The van der Waals surface area contributed by atoms with Crippen molar-refractivity contribution in [3.8, 4) is 0 Å². The zero-order valence-electron chi connectivity index (χ0n) is 9.27. The van der Waals surface area contributed by atoms with Crippen LogP contribution in [0.5, 0.6) is 0 Å². The van der Waals surface area contributed by atoms with Gasteiger partial charge < -0.3 is 4.90 Å². The highest BCUT2D eigenvalue weighted by Crippen LogP contribution is 2.10. The molecule has 2 heterocycles. The van der Waals surface area contributed by atoms with Gasteiger partial charge in [0.2, 0.25) is 5.91 Å². The van der Waals surface area contributed by atoms with Gasteiger partial charge in [0.1, 0.15) is 5.69 Å². The molecule has 0 bridgehead atoms. The van der Waals surface area contributed by atoms with E-state index < -0.39 is 0 Å². The third-order valence-corrected chi connectivity index (χ3v) is 2.70. The Morgan fingerprint density at radius 2 is 2.31 bits per heavy atom. The van der Waals surface area contributed by atoms with Crippen molar-refractivity contribution in [1.29, 1.82) is 0 Å². The van der Waals surface area contributed by atoms with E-state index in [-0.39, 0.29) is 18.2 Å². The summed E-state index contributed by atoms with van der Waals surface area (Å²) >= 11 is 0. The molecule has 0 atom stereocenters. The molecule has 0 saturated carbocycles. The average Bonchev–Trinajstić information content (AvgIpc) is 2.65. The first kappa shape index (κ1) is 10.8. The van der Waals surface area contributed by atoms with E-state index in [1.165, 1.54) is 0 Å². The number of pyridine rings is 1. The van der Waals surface area contributed by atoms with Gasteiger partial charge >= 0.3 is 0 Å². The molecule has 0 unspecified atom stereocenters. The molecule has 1 aliphatic rings. The maximum Gasteiger partial charge on any atom is 0.223 e. The third-order valence-electron chi connectivity index (χ3n) is 2.70. The number of hydrogen-bond acceptors (Lipinski definition) is 3. The van der Waals surface area contributed by atoms with Gasteiger partial charge in [-0.15, -0.1) is 0 Å². The second-order valence-electron chi connectivity index (χ2n) is 4.06. The first-order chi connectivity index (χ1) is 7.66. The van der Waals surface area contributed by atoms with Gasteiger partial charge in [0.15, 0.2) is 5.78 Å². The van der Waals surface area contributed by atoms with E-state index in [1.54, 1.807) is 17.2 Å². The maximum atomic E-state index is 11.8. The Hall–Kier alpha value is -1.71. The number of ketones is 1. The fourth-order valence-corrected chi connectivity index (χ4v) is 1.76. The highest BCUT2D eigenvalue weighted by Gasteiger charge is 2.23. The summed E-state index contributed by atoms with van der Waals surface area (Å²) in [5.41, 5.74) is 1.46. The highest BCUT2D eigenvalue weighted by atomic mass is 16.2. The molecule has 4 heteroatoms. The number of carbonyl (C=O) groups excluding carboxylic acids is 2. The molecule has 1 fully saturated rings. The van der Waals surface area contributed by atoms with E-state index in [0.29, 0.717) is 18.7 Å². The summed E-state index contributed by atoms with van der Waals surface area (Å²) in [6.07, 6.45) is 3.08. The van der Waals surface area contributed by atoms with Crippen LogP contribution in [-0.4, -0.2) is 34.7 Å². The van der Waals surface area contributed by atoms with Crippen molar-refractivity contribution in [1.82, 2.24) is 9.88 Å². The van der Waals surface area contributed by atoms with Crippen LogP contribution in [0.25, 0.3) is 0 Å². The zero-order chi connectivity index (χ0) is 11.5. The average molecular weight is 218 g/mol. The number of rotatable bonds is 3. The molecule has 1 aromatic heterocycles. The SMILES string of the molecule is Cc1ccc(C(=O)CN2CCCC2=O)nc1. The molecule has 4 nitrogen and oxygen atoms in total. The largest absolute Gasteiger partial charge is 0.335 e. The standard InChI is InChI=1S/C12H14N2O2/c1-9-4-5-10(13-7-9)11(15)8-14-6-2-3-12(14)16/h4-5,7H,2-3,6,8H2,1H3. The Morgan fingerprint density at radius 3 is 2.88 bits per heavy atom. The van der Waals surface area contributed by atoms with Crippen LogP contribution in [0.1, 0.15) is 28.9 Å². The normalized spacial score (nSPS) is 15.6. The zero-order valence-corrected chi connectivity index (χ0v) is 9.27. The summed E-state index contributed by atoms with van der Waals surface area (Å²) in [4.78, 5) is 28.8. The monoisotopic (exact) mass is 218 g/mol. The second-order valence-corrected chi connectivity index (χ2v) is 4.06. The molecule has 1 aliphatic heterocycles. The summed E-state index contributed by atoms with van der Waals surface area (Å²) < 4.78 is 0. The van der Waals surface area contributed by atoms with E-state index in [0.717, 1.165) is 12.0 Å². The van der Waals surface area contributed by atoms with Gasteiger partial charge in [0.05, 0.1) is 6.54 Å². The predicted octanol–water partition coefficient (Wildman–Crippen LogP) is 1.20. The lowest BCUT2D eigenvalue weighted by molar-refractivity contribution is -0.127. The summed E-state index contributed by atoms with van der Waals surface area (Å²) in [7, 11) is 0. The van der Waals surface area contributed by atoms with E-state index in [2.05, 4.69) is 4.98 Å². The van der Waals surface area contributed by atoms with Crippen LogP contribution < -0.4 is 0 Å². The molecule has 2 rings (SSSR count). The summed E-state index contributed by atoms with van der Waals surface area (Å²) in [5, 5.41) is 0. The molecule has 84 valence electrons. The van der Waals surface area contributed by atoms with Crippen molar-refractivity contribution in [2.75, 3.05) is 13.1 Å². The van der Waals surface area contributed by atoms with Gasteiger partial charge in [-0.3, -0.25) is 14.6 Å². The van der Waals surface area contributed by atoms with E-state index in [1.807, 2.05) is 13.0 Å². The van der Waals surface area contributed by atoms with Crippen molar-refractivity contribution in [2.45, 2.75) is 19.8 Å². The molecule has 0 aliphatic carbocycles. The van der Waals surface area contributed by atoms with Crippen molar-refractivity contribution in [3.63, 3.8) is 0 Å². The predicted molar refractivity (Wildman–Crippen MR) is 59.1 cm³/mol. The minimum Gasteiger partial charge on any atom is -0.335 e. The van der Waals surface area contributed by atoms with Crippen LogP contribution in [-0.2, 0) is 4.79 Å². The number of carbonyl (C=O) groups is 2. The molecule has 1 aromatic rings. The van der Waals surface area contributed by atoms with Gasteiger partial charge in [-0.1, -0.05) is 6.07 Å². The van der Waals surface area contributed by atoms with E-state index in [4.69, 9.17) is 0 Å². The fraction of sp³-hybridized carbons (Fsp3) is 0.417. The quantitative estimate of drug-likeness (QED) is 0.716. The summed E-state index contributed by atoms with van der Waals surface area (Å²) in [6, 6.07) is 3.56. The fourth-order valence-electron chi connectivity index (χ4n) is 1.76. The first-order valence-electron chi connectivity index (χ1n) is 5.40. The summed E-state index contributed by atoms with van der Waals surface area (Å²) in [5.74, 6) is -0.0179. The lowest BCUT2D eigenvalue weighted by atomic mass is 10.2. The molecule has 1 amide bonds. The Morgan fingerprint density at radius 1 is 1.50 bits per heavy atom. The van der Waals surface area contributed by atoms with Crippen LogP contribution in [0.15, 0.2) is 18.3 Å². The Labute approximate surface area is 94.3 Å². The van der Waals surface area contributed by atoms with Crippen LogP contribution in [0.4, 0.5) is 0 Å². The smallest absolute Gasteiger partial charge is 0.223 e. The molecule has 0 N–H and O–H groups in total. The number of nitrogens with zero attached hydrogens (tertiary/aromatic N) is 2. The number of hydrogen-bond donors (Lipinski definition) is 0. The van der Waals surface area contributed by atoms with Crippen LogP contribution in [0.3, 0.4) is 0 Å². The number of likely N-dealkylation sites (tertiary alicyclic amines) is 1. The summed E-state index contributed by atoms with van der Waals surface area (Å²) in [6.45, 7) is 2.77. The van der Waals surface area contributed by atoms with Gasteiger partial charge in [0, 0.05) is 19.2 Å². The first-order valence-corrected chi connectivity index (χ1v) is 5.40. The van der Waals surface area contributed by atoms with Gasteiger partial charge in [-0.25, -0.2) is 0 Å². The number of aromatic nitrogens is 1. The van der Waals surface area contributed by atoms with Crippen LogP contribution >= 0.6 is 0 Å². The van der Waals surface area contributed by atoms with Crippen molar-refractivity contribution in [2.24, 2.45) is 0 Å². The van der Waals surface area contributed by atoms with Crippen molar-refractivity contribution >= 4 is 11.7 Å². The Balaban J connectivity index is 2.02. The number of aryl methyl sites for hydroxylation is 1. The molecule has 16 heavy (non-hydrogen) atoms. The van der Waals surface area contributed by atoms with Crippen LogP contribution in [0, 0.1) is 6.92 Å². The van der Waals surface area contributed by atoms with Gasteiger partial charge in [-0.2, -0.15) is 0 Å². The number of Topliss-reactive ketones (excluding diaryl/α,β-unsaturated/α-hetero) is 1. The molecular formula is C12H14N2O2. The maximum absolute atomic E-state index is 11.8. The van der Waals surface area contributed by atoms with Gasteiger partial charge in [-0.05, 0) is 25.0 Å². The third kappa shape index (κ3) is 2.27. The molecule has 0 aromatic carbocycles. The lowest BCUT2D eigenvalue weighted by Gasteiger charge is -2.13.